The second kappa shape index (κ2) is 10.2. The smallest absolute Gasteiger partial charge is 0.338 e. The van der Waals surface area contributed by atoms with Crippen molar-refractivity contribution in [2.24, 2.45) is 0 Å². The minimum atomic E-state index is -1.94. The predicted octanol–water partition coefficient (Wildman–Crippen LogP) is 3.42. The third kappa shape index (κ3) is 4.88. The number of nitrogens with two attached hydrogens (primary N) is 1. The summed E-state index contributed by atoms with van der Waals surface area (Å²) in [5.41, 5.74) is 5.67. The number of hydrogen-bond acceptors (Lipinski definition) is 10. The lowest BCUT2D eigenvalue weighted by molar-refractivity contribution is -0.0570. The predicted molar refractivity (Wildman–Crippen MR) is 135 cm³/mol. The third-order valence-corrected chi connectivity index (χ3v) is 7.04. The van der Waals surface area contributed by atoms with Gasteiger partial charge < -0.3 is 19.9 Å². The van der Waals surface area contributed by atoms with Gasteiger partial charge in [-0.1, -0.05) is 47.7 Å². The molecule has 0 unspecified atom stereocenters. The molecule has 2 aromatic heterocycles. The average molecular weight is 543 g/mol. The van der Waals surface area contributed by atoms with Crippen LogP contribution in [0.4, 0.5) is 10.3 Å². The number of ether oxygens (including phenoxy) is 3. The molecule has 3 N–H and O–H groups in total. The molecule has 190 valence electrons. The summed E-state index contributed by atoms with van der Waals surface area (Å²) in [6.45, 7) is -0.414. The Bertz CT molecular complexity index is 1570. The van der Waals surface area contributed by atoms with Crippen molar-refractivity contribution >= 4 is 51.8 Å². The highest BCUT2D eigenvalue weighted by Gasteiger charge is 2.50. The lowest BCUT2D eigenvalue weighted by atomic mass is 10.1. The second-order valence-corrected chi connectivity index (χ2v) is 9.70. The number of nitrogens with zero attached hydrogens (tertiary/aromatic N) is 2. The van der Waals surface area contributed by atoms with E-state index in [9.17, 15) is 14.4 Å². The van der Waals surface area contributed by atoms with Gasteiger partial charge in [0.15, 0.2) is 28.1 Å². The SMILES string of the molecule is Nc1nc2c(sc(=S)n2[C@@H]2O[C@H](COC(=O)c3ccccc3)[C@@H](OC(=O)c3ccccc3)[C@@H]2F)c(=O)[nH]1. The summed E-state index contributed by atoms with van der Waals surface area (Å²) in [5.74, 6) is -1.63. The van der Waals surface area contributed by atoms with Crippen LogP contribution >= 0.6 is 23.6 Å². The Morgan fingerprint density at radius 2 is 1.73 bits per heavy atom. The number of carbonyl (C=O) groups excluding carboxylic acids is 2. The molecule has 0 amide bonds. The number of aromatic nitrogens is 3. The van der Waals surface area contributed by atoms with Gasteiger partial charge in [0.2, 0.25) is 5.95 Å². The summed E-state index contributed by atoms with van der Waals surface area (Å²) < 4.78 is 34.2. The third-order valence-electron chi connectivity index (χ3n) is 5.65. The molecule has 13 heteroatoms. The summed E-state index contributed by atoms with van der Waals surface area (Å²) in [6.07, 6.45) is -6.02. The zero-order valence-corrected chi connectivity index (χ0v) is 20.5. The fourth-order valence-electron chi connectivity index (χ4n) is 3.93. The average Bonchev–Trinajstić information content (AvgIpc) is 3.39. The van der Waals surface area contributed by atoms with Crippen molar-refractivity contribution in [1.29, 1.82) is 0 Å². The van der Waals surface area contributed by atoms with Crippen LogP contribution in [0.2, 0.25) is 0 Å². The first-order valence-electron chi connectivity index (χ1n) is 11.0. The number of halogens is 1. The van der Waals surface area contributed by atoms with Gasteiger partial charge in [-0.2, -0.15) is 4.98 Å². The van der Waals surface area contributed by atoms with Gasteiger partial charge in [0.05, 0.1) is 11.1 Å². The van der Waals surface area contributed by atoms with Crippen LogP contribution in [0.1, 0.15) is 26.9 Å². The summed E-state index contributed by atoms with van der Waals surface area (Å²) in [4.78, 5) is 44.0. The summed E-state index contributed by atoms with van der Waals surface area (Å²) in [5, 5.41) is 0. The second-order valence-electron chi connectivity index (χ2n) is 8.05. The lowest BCUT2D eigenvalue weighted by Gasteiger charge is -2.19. The van der Waals surface area contributed by atoms with Gasteiger partial charge in [-0.05, 0) is 36.5 Å². The number of aromatic amines is 1. The summed E-state index contributed by atoms with van der Waals surface area (Å²) in [6, 6.07) is 16.3. The number of carbonyl (C=O) groups is 2. The molecule has 10 nitrogen and oxygen atoms in total. The molecule has 3 heterocycles. The monoisotopic (exact) mass is 542 g/mol. The van der Waals surface area contributed by atoms with Crippen LogP contribution in [0.5, 0.6) is 0 Å². The lowest BCUT2D eigenvalue weighted by Crippen LogP contribution is -2.37. The number of H-pyrrole nitrogens is 1. The molecular weight excluding hydrogens is 523 g/mol. The Morgan fingerprint density at radius 3 is 2.38 bits per heavy atom. The van der Waals surface area contributed by atoms with Crippen LogP contribution in [-0.2, 0) is 14.2 Å². The van der Waals surface area contributed by atoms with Gasteiger partial charge in [-0.3, -0.25) is 14.3 Å². The van der Waals surface area contributed by atoms with E-state index in [1.165, 1.54) is 16.7 Å². The molecule has 1 fully saturated rings. The van der Waals surface area contributed by atoms with Gasteiger partial charge >= 0.3 is 11.9 Å². The number of anilines is 1. The van der Waals surface area contributed by atoms with E-state index >= 15 is 4.39 Å². The number of nitrogen functional groups attached to an aromatic ring is 1. The number of thiazole rings is 1. The van der Waals surface area contributed by atoms with Crippen LogP contribution < -0.4 is 11.3 Å². The Morgan fingerprint density at radius 1 is 1.11 bits per heavy atom. The minimum absolute atomic E-state index is 0.0268. The van der Waals surface area contributed by atoms with E-state index in [1.54, 1.807) is 48.5 Å². The molecule has 4 aromatic rings. The van der Waals surface area contributed by atoms with Crippen molar-refractivity contribution in [3.63, 3.8) is 0 Å². The molecule has 0 spiro atoms. The summed E-state index contributed by atoms with van der Waals surface area (Å²) in [7, 11) is 0. The van der Waals surface area contributed by atoms with Crippen LogP contribution in [0, 0.1) is 3.95 Å². The molecule has 0 aliphatic carbocycles. The fourth-order valence-corrected chi connectivity index (χ4v) is 5.21. The largest absolute Gasteiger partial charge is 0.459 e. The molecule has 1 saturated heterocycles. The molecule has 0 radical (unpaired) electrons. The van der Waals surface area contributed by atoms with Crippen LogP contribution in [-0.4, -0.2) is 51.5 Å². The fraction of sp³-hybridized carbons (Fsp3) is 0.208. The van der Waals surface area contributed by atoms with Crippen molar-refractivity contribution in [3.05, 3.63) is 86.1 Å². The Labute approximate surface area is 217 Å². The van der Waals surface area contributed by atoms with E-state index in [1.807, 2.05) is 0 Å². The zero-order valence-electron chi connectivity index (χ0n) is 18.9. The van der Waals surface area contributed by atoms with E-state index < -0.39 is 48.7 Å². The number of nitrogens with one attached hydrogen (secondary N) is 1. The first-order chi connectivity index (χ1) is 17.8. The topological polar surface area (TPSA) is 139 Å². The molecular formula is C24H19FN4O6S2. The van der Waals surface area contributed by atoms with Crippen molar-refractivity contribution < 1.29 is 28.2 Å². The number of alkyl halides is 1. The number of fused-ring (bicyclic) bond motifs is 1. The molecule has 37 heavy (non-hydrogen) atoms. The Kier molecular flexibility index (Phi) is 6.82. The maximum atomic E-state index is 15.9. The number of benzene rings is 2. The molecule has 2 aromatic carbocycles. The highest BCUT2D eigenvalue weighted by Crippen LogP contribution is 2.37. The molecule has 1 aliphatic rings. The molecule has 0 saturated carbocycles. The van der Waals surface area contributed by atoms with E-state index in [-0.39, 0.29) is 31.4 Å². The van der Waals surface area contributed by atoms with Crippen LogP contribution in [0.3, 0.4) is 0 Å². The molecule has 4 atom stereocenters. The van der Waals surface area contributed by atoms with Crippen molar-refractivity contribution in [2.75, 3.05) is 12.3 Å². The number of esters is 2. The van der Waals surface area contributed by atoms with Crippen molar-refractivity contribution in [2.45, 2.75) is 24.6 Å². The van der Waals surface area contributed by atoms with E-state index in [2.05, 4.69) is 9.97 Å². The van der Waals surface area contributed by atoms with Gasteiger partial charge in [-0.25, -0.2) is 14.0 Å². The van der Waals surface area contributed by atoms with Crippen LogP contribution in [0.25, 0.3) is 10.3 Å². The van der Waals surface area contributed by atoms with Gasteiger partial charge in [-0.15, -0.1) is 0 Å². The van der Waals surface area contributed by atoms with Crippen LogP contribution in [0.15, 0.2) is 65.5 Å². The van der Waals surface area contributed by atoms with Gasteiger partial charge in [0.25, 0.3) is 5.56 Å². The molecule has 1 aliphatic heterocycles. The zero-order chi connectivity index (χ0) is 26.1. The highest BCUT2D eigenvalue weighted by molar-refractivity contribution is 7.73. The number of rotatable bonds is 6. The molecule has 5 rings (SSSR count). The quantitative estimate of drug-likeness (QED) is 0.277. The van der Waals surface area contributed by atoms with E-state index in [4.69, 9.17) is 32.2 Å². The first-order valence-corrected chi connectivity index (χ1v) is 12.2. The van der Waals surface area contributed by atoms with Gasteiger partial charge in [0.1, 0.15) is 17.4 Å². The van der Waals surface area contributed by atoms with Gasteiger partial charge in [0, 0.05) is 0 Å². The number of hydrogen-bond donors (Lipinski definition) is 2. The van der Waals surface area contributed by atoms with E-state index in [0.717, 1.165) is 11.3 Å². The highest BCUT2D eigenvalue weighted by atomic mass is 32.1. The standard InChI is InChI=1S/C24H19FN4O6S2/c25-15-16(35-22(32)13-9-5-2-6-10-13)14(11-33-21(31)12-7-3-1-4-8-12)34-20(15)29-18-17(37-24(29)36)19(30)28-23(26)27-18/h1-10,14-16,20H,11H2,(H3,26,27,28,30)/t14-,15+,16-,20-/m1/s1. The van der Waals surface area contributed by atoms with Crippen molar-refractivity contribution in [3.8, 4) is 0 Å². The van der Waals surface area contributed by atoms with Crippen molar-refractivity contribution in [1.82, 2.24) is 14.5 Å². The maximum absolute atomic E-state index is 15.9. The molecule has 0 bridgehead atoms. The Balaban J connectivity index is 1.46. The van der Waals surface area contributed by atoms with E-state index in [0.29, 0.717) is 0 Å². The maximum Gasteiger partial charge on any atom is 0.338 e. The summed E-state index contributed by atoms with van der Waals surface area (Å²) >= 11 is 6.27. The normalized spacial score (nSPS) is 21.1. The minimum Gasteiger partial charge on any atom is -0.459 e. The first kappa shape index (κ1) is 24.7. The Hall–Kier alpha value is -3.94.